The summed E-state index contributed by atoms with van der Waals surface area (Å²) in [5.74, 6) is 0.610. The van der Waals surface area contributed by atoms with Gasteiger partial charge >= 0.3 is 0 Å². The minimum Gasteiger partial charge on any atom is -0.494 e. The van der Waals surface area contributed by atoms with E-state index >= 15 is 0 Å². The lowest BCUT2D eigenvalue weighted by molar-refractivity contribution is -0.118. The molecule has 1 aliphatic heterocycles. The number of carbonyl (C=O) groups is 2. The minimum atomic E-state index is -0.483. The van der Waals surface area contributed by atoms with Gasteiger partial charge in [0.1, 0.15) is 17.2 Å². The van der Waals surface area contributed by atoms with Crippen molar-refractivity contribution in [3.05, 3.63) is 52.4 Å². The number of pyridine rings is 1. The number of piperidine rings is 1. The second-order valence-corrected chi connectivity index (χ2v) is 7.15. The molecule has 1 aliphatic rings. The van der Waals surface area contributed by atoms with Crippen molar-refractivity contribution in [1.29, 1.82) is 0 Å². The first kappa shape index (κ1) is 21.4. The molecular formula is C22H27N3O5. The molecule has 0 radical (unpaired) electrons. The molecule has 2 aromatic rings. The van der Waals surface area contributed by atoms with E-state index in [1.54, 1.807) is 36.2 Å². The van der Waals surface area contributed by atoms with Gasteiger partial charge in [-0.05, 0) is 56.5 Å². The number of rotatable bonds is 7. The maximum absolute atomic E-state index is 12.7. The van der Waals surface area contributed by atoms with Crippen molar-refractivity contribution in [2.24, 2.45) is 7.05 Å². The van der Waals surface area contributed by atoms with Crippen LogP contribution in [0.4, 0.5) is 5.69 Å². The lowest BCUT2D eigenvalue weighted by Gasteiger charge is -2.27. The molecule has 1 aromatic carbocycles. The molecule has 2 heterocycles. The van der Waals surface area contributed by atoms with E-state index in [2.05, 4.69) is 5.32 Å². The van der Waals surface area contributed by atoms with Crippen molar-refractivity contribution in [2.75, 3.05) is 31.6 Å². The molecule has 1 aromatic heterocycles. The van der Waals surface area contributed by atoms with Crippen LogP contribution in [0.5, 0.6) is 11.5 Å². The Morgan fingerprint density at radius 3 is 2.30 bits per heavy atom. The van der Waals surface area contributed by atoms with Gasteiger partial charge < -0.3 is 24.3 Å². The SMILES string of the molecule is CCOc1ccc(OCC(=O)Nc2cc(C(=O)N3CCCCC3)cn(C)c2=O)cc1. The summed E-state index contributed by atoms with van der Waals surface area (Å²) in [7, 11) is 1.56. The molecule has 1 N–H and O–H groups in total. The van der Waals surface area contributed by atoms with Crippen LogP contribution in [0.1, 0.15) is 36.5 Å². The molecule has 2 amide bonds. The molecule has 0 atom stereocenters. The Labute approximate surface area is 175 Å². The van der Waals surface area contributed by atoms with Crippen LogP contribution in [0, 0.1) is 0 Å². The summed E-state index contributed by atoms with van der Waals surface area (Å²) in [4.78, 5) is 39.2. The number of likely N-dealkylation sites (tertiary alicyclic amines) is 1. The van der Waals surface area contributed by atoms with Crippen LogP contribution in [0.15, 0.2) is 41.3 Å². The van der Waals surface area contributed by atoms with Gasteiger partial charge in [-0.1, -0.05) is 0 Å². The maximum atomic E-state index is 12.7. The van der Waals surface area contributed by atoms with E-state index < -0.39 is 5.91 Å². The van der Waals surface area contributed by atoms with Crippen molar-refractivity contribution in [1.82, 2.24) is 9.47 Å². The molecule has 0 unspecified atom stereocenters. The van der Waals surface area contributed by atoms with Crippen LogP contribution in [-0.4, -0.2) is 47.6 Å². The highest BCUT2D eigenvalue weighted by Gasteiger charge is 2.20. The van der Waals surface area contributed by atoms with Gasteiger partial charge in [0.05, 0.1) is 12.2 Å². The third-order valence-corrected chi connectivity index (χ3v) is 4.85. The Morgan fingerprint density at radius 2 is 1.67 bits per heavy atom. The molecular weight excluding hydrogens is 386 g/mol. The Morgan fingerprint density at radius 1 is 1.03 bits per heavy atom. The van der Waals surface area contributed by atoms with E-state index in [4.69, 9.17) is 9.47 Å². The Hall–Kier alpha value is -3.29. The number of benzene rings is 1. The van der Waals surface area contributed by atoms with Gasteiger partial charge in [0.15, 0.2) is 6.61 Å². The van der Waals surface area contributed by atoms with Crippen LogP contribution < -0.4 is 20.3 Å². The van der Waals surface area contributed by atoms with Crippen LogP contribution in [0.2, 0.25) is 0 Å². The number of amides is 2. The molecule has 30 heavy (non-hydrogen) atoms. The molecule has 0 aliphatic carbocycles. The summed E-state index contributed by atoms with van der Waals surface area (Å²) < 4.78 is 12.1. The van der Waals surface area contributed by atoms with E-state index in [-0.39, 0.29) is 23.8 Å². The quantitative estimate of drug-likeness (QED) is 0.753. The second-order valence-electron chi connectivity index (χ2n) is 7.15. The average Bonchev–Trinajstić information content (AvgIpc) is 2.76. The summed E-state index contributed by atoms with van der Waals surface area (Å²) in [6, 6.07) is 8.35. The zero-order valence-electron chi connectivity index (χ0n) is 17.3. The van der Waals surface area contributed by atoms with Gasteiger partial charge in [0.2, 0.25) is 0 Å². The highest BCUT2D eigenvalue weighted by molar-refractivity contribution is 5.97. The molecule has 1 saturated heterocycles. The maximum Gasteiger partial charge on any atom is 0.274 e. The number of anilines is 1. The van der Waals surface area contributed by atoms with E-state index in [0.717, 1.165) is 19.3 Å². The van der Waals surface area contributed by atoms with Crippen LogP contribution in [0.25, 0.3) is 0 Å². The Kier molecular flexibility index (Phi) is 7.11. The third kappa shape index (κ3) is 5.40. The predicted octanol–water partition coefficient (Wildman–Crippen LogP) is 2.43. The van der Waals surface area contributed by atoms with E-state index in [1.165, 1.54) is 16.8 Å². The van der Waals surface area contributed by atoms with E-state index in [0.29, 0.717) is 36.8 Å². The average molecular weight is 413 g/mol. The molecule has 0 bridgehead atoms. The summed E-state index contributed by atoms with van der Waals surface area (Å²) in [6.45, 7) is 3.62. The number of ether oxygens (including phenoxy) is 2. The fourth-order valence-corrected chi connectivity index (χ4v) is 3.33. The van der Waals surface area contributed by atoms with E-state index in [9.17, 15) is 14.4 Å². The molecule has 0 saturated carbocycles. The molecule has 1 fully saturated rings. The van der Waals surface area contributed by atoms with Crippen LogP contribution in [-0.2, 0) is 11.8 Å². The number of aryl methyl sites for hydroxylation is 1. The monoisotopic (exact) mass is 413 g/mol. The largest absolute Gasteiger partial charge is 0.494 e. The van der Waals surface area contributed by atoms with Crippen molar-refractivity contribution < 1.29 is 19.1 Å². The van der Waals surface area contributed by atoms with E-state index in [1.807, 2.05) is 6.92 Å². The zero-order chi connectivity index (χ0) is 21.5. The normalized spacial score (nSPS) is 13.6. The fourth-order valence-electron chi connectivity index (χ4n) is 3.33. The van der Waals surface area contributed by atoms with Gasteiger partial charge in [-0.15, -0.1) is 0 Å². The topological polar surface area (TPSA) is 89.9 Å². The van der Waals surface area contributed by atoms with Gasteiger partial charge in [0, 0.05) is 26.3 Å². The zero-order valence-corrected chi connectivity index (χ0v) is 17.3. The molecule has 160 valence electrons. The molecule has 0 spiro atoms. The van der Waals surface area contributed by atoms with Crippen molar-refractivity contribution in [3.8, 4) is 11.5 Å². The molecule has 8 nitrogen and oxygen atoms in total. The first-order chi connectivity index (χ1) is 14.5. The lowest BCUT2D eigenvalue weighted by atomic mass is 10.1. The van der Waals surface area contributed by atoms with Crippen molar-refractivity contribution >= 4 is 17.5 Å². The van der Waals surface area contributed by atoms with Crippen molar-refractivity contribution in [2.45, 2.75) is 26.2 Å². The van der Waals surface area contributed by atoms with Gasteiger partial charge in [0.25, 0.3) is 17.4 Å². The van der Waals surface area contributed by atoms with Crippen LogP contribution in [0.3, 0.4) is 0 Å². The Balaban J connectivity index is 1.64. The van der Waals surface area contributed by atoms with Crippen LogP contribution >= 0.6 is 0 Å². The summed E-state index contributed by atoms with van der Waals surface area (Å²) in [5.41, 5.74) is 0.0435. The summed E-state index contributed by atoms with van der Waals surface area (Å²) in [5, 5.41) is 2.56. The van der Waals surface area contributed by atoms with Gasteiger partial charge in [-0.25, -0.2) is 0 Å². The predicted molar refractivity (Wildman–Crippen MR) is 113 cm³/mol. The number of hydrogen-bond donors (Lipinski definition) is 1. The number of nitrogens with one attached hydrogen (secondary N) is 1. The summed E-state index contributed by atoms with van der Waals surface area (Å²) in [6.07, 6.45) is 4.58. The smallest absolute Gasteiger partial charge is 0.274 e. The van der Waals surface area contributed by atoms with Gasteiger partial charge in [-0.2, -0.15) is 0 Å². The molecule has 8 heteroatoms. The highest BCUT2D eigenvalue weighted by atomic mass is 16.5. The number of carbonyl (C=O) groups excluding carboxylic acids is 2. The molecule has 3 rings (SSSR count). The first-order valence-corrected chi connectivity index (χ1v) is 10.1. The highest BCUT2D eigenvalue weighted by Crippen LogP contribution is 2.18. The summed E-state index contributed by atoms with van der Waals surface area (Å²) >= 11 is 0. The number of aromatic nitrogens is 1. The minimum absolute atomic E-state index is 0.0562. The third-order valence-electron chi connectivity index (χ3n) is 4.85. The first-order valence-electron chi connectivity index (χ1n) is 10.1. The number of hydrogen-bond acceptors (Lipinski definition) is 5. The standard InChI is InChI=1S/C22H27N3O5/c1-3-29-17-7-9-18(10-8-17)30-15-20(26)23-19-13-16(14-24(2)22(19)28)21(27)25-11-5-4-6-12-25/h7-10,13-14H,3-6,11-12,15H2,1-2H3,(H,23,26). The fraction of sp³-hybridized carbons (Fsp3) is 0.409. The Bertz CT molecular complexity index is 946. The van der Waals surface area contributed by atoms with Gasteiger partial charge in [-0.3, -0.25) is 14.4 Å². The number of nitrogens with zero attached hydrogens (tertiary/aromatic N) is 2. The second kappa shape index (κ2) is 9.96. The lowest BCUT2D eigenvalue weighted by Crippen LogP contribution is -2.36. The van der Waals surface area contributed by atoms with Crippen molar-refractivity contribution in [3.63, 3.8) is 0 Å².